The van der Waals surface area contributed by atoms with Crippen molar-refractivity contribution >= 4 is 5.91 Å². The Morgan fingerprint density at radius 2 is 2.20 bits per heavy atom. The summed E-state index contributed by atoms with van der Waals surface area (Å²) >= 11 is 0. The molecule has 0 unspecified atom stereocenters. The zero-order chi connectivity index (χ0) is 17.2. The van der Waals surface area contributed by atoms with E-state index in [4.69, 9.17) is 4.74 Å². The predicted molar refractivity (Wildman–Crippen MR) is 92.8 cm³/mol. The van der Waals surface area contributed by atoms with Crippen molar-refractivity contribution in [3.05, 3.63) is 71.8 Å². The number of para-hydroxylation sites is 1. The van der Waals surface area contributed by atoms with Crippen LogP contribution in [0, 0.1) is 0 Å². The maximum atomic E-state index is 12.5. The van der Waals surface area contributed by atoms with Gasteiger partial charge in [-0.25, -0.2) is 9.67 Å². The fraction of sp³-hybridized carbons (Fsp3) is 0.211. The minimum absolute atomic E-state index is 0.101. The molecule has 1 aliphatic heterocycles. The lowest BCUT2D eigenvalue weighted by Crippen LogP contribution is -2.23. The zero-order valence-corrected chi connectivity index (χ0v) is 13.8. The lowest BCUT2D eigenvalue weighted by molar-refractivity contribution is 0.0951. The molecule has 0 bridgehead atoms. The van der Waals surface area contributed by atoms with Gasteiger partial charge in [0, 0.05) is 18.5 Å². The number of nitrogens with zero attached hydrogens (tertiary/aromatic N) is 3. The molecule has 1 aromatic heterocycles. The van der Waals surface area contributed by atoms with E-state index in [9.17, 15) is 4.79 Å². The van der Waals surface area contributed by atoms with E-state index in [1.54, 1.807) is 17.1 Å². The van der Waals surface area contributed by atoms with Gasteiger partial charge in [-0.2, -0.15) is 5.10 Å². The second kappa shape index (κ2) is 6.39. The third-order valence-electron chi connectivity index (χ3n) is 4.25. The highest BCUT2D eigenvalue weighted by Crippen LogP contribution is 2.29. The average Bonchev–Trinajstić information content (AvgIpc) is 3.27. The first-order valence-electron chi connectivity index (χ1n) is 8.21. The highest BCUT2D eigenvalue weighted by Gasteiger charge is 2.20. The summed E-state index contributed by atoms with van der Waals surface area (Å²) in [5, 5.41) is 7.14. The van der Waals surface area contributed by atoms with Crippen molar-refractivity contribution in [1.82, 2.24) is 20.1 Å². The Hall–Kier alpha value is -3.15. The number of rotatable bonds is 4. The van der Waals surface area contributed by atoms with Crippen molar-refractivity contribution in [1.29, 1.82) is 0 Å². The maximum Gasteiger partial charge on any atom is 0.251 e. The summed E-state index contributed by atoms with van der Waals surface area (Å²) in [5.41, 5.74) is 3.61. The fourth-order valence-corrected chi connectivity index (χ4v) is 3.06. The molecule has 3 aromatic rings. The summed E-state index contributed by atoms with van der Waals surface area (Å²) in [4.78, 5) is 16.5. The van der Waals surface area contributed by atoms with Crippen molar-refractivity contribution in [2.75, 3.05) is 0 Å². The molecule has 1 atom stereocenters. The van der Waals surface area contributed by atoms with Gasteiger partial charge >= 0.3 is 0 Å². The number of aromatic nitrogens is 3. The van der Waals surface area contributed by atoms with Gasteiger partial charge in [-0.15, -0.1) is 0 Å². The van der Waals surface area contributed by atoms with Crippen molar-refractivity contribution in [2.45, 2.75) is 26.0 Å². The molecule has 2 heterocycles. The minimum atomic E-state index is -0.101. The van der Waals surface area contributed by atoms with Crippen LogP contribution >= 0.6 is 0 Å². The van der Waals surface area contributed by atoms with Gasteiger partial charge in [-0.05, 0) is 42.3 Å². The number of hydrogen-bond donors (Lipinski definition) is 1. The molecule has 0 spiro atoms. The van der Waals surface area contributed by atoms with Crippen LogP contribution in [0.15, 0.2) is 55.1 Å². The Morgan fingerprint density at radius 3 is 3.04 bits per heavy atom. The summed E-state index contributed by atoms with van der Waals surface area (Å²) in [6.45, 7) is 2.44. The lowest BCUT2D eigenvalue weighted by atomic mass is 10.1. The Morgan fingerprint density at radius 1 is 1.32 bits per heavy atom. The third kappa shape index (κ3) is 3.10. The molecule has 0 fully saturated rings. The highest BCUT2D eigenvalue weighted by atomic mass is 16.5. The number of carbonyl (C=O) groups is 1. The summed E-state index contributed by atoms with van der Waals surface area (Å²) in [5.74, 6) is 0.774. The summed E-state index contributed by atoms with van der Waals surface area (Å²) < 4.78 is 7.37. The third-order valence-corrected chi connectivity index (χ3v) is 4.25. The molecule has 6 nitrogen and oxygen atoms in total. The number of benzene rings is 2. The molecule has 1 N–H and O–H groups in total. The maximum absolute atomic E-state index is 12.5. The van der Waals surface area contributed by atoms with Gasteiger partial charge in [-0.1, -0.05) is 18.2 Å². The predicted octanol–water partition coefficient (Wildman–Crippen LogP) is 2.52. The smallest absolute Gasteiger partial charge is 0.251 e. The number of nitrogens with one attached hydrogen (secondary N) is 1. The van der Waals surface area contributed by atoms with E-state index in [-0.39, 0.29) is 12.0 Å². The van der Waals surface area contributed by atoms with Gasteiger partial charge in [0.15, 0.2) is 0 Å². The van der Waals surface area contributed by atoms with Crippen molar-refractivity contribution in [3.63, 3.8) is 0 Å². The van der Waals surface area contributed by atoms with Crippen LogP contribution in [0.4, 0.5) is 0 Å². The summed E-state index contributed by atoms with van der Waals surface area (Å²) in [6.07, 6.45) is 4.14. The standard InChI is InChI=1S/C19H18N4O2/c1-13-8-16-9-14(6-7-18(16)25-13)19(24)21-10-15-4-2-3-5-17(15)23-12-20-11-22-23/h2-7,9,11-13H,8,10H2,1H3,(H,21,24)/t13-/m0/s1. The Balaban J connectivity index is 1.49. The molecule has 2 aromatic carbocycles. The Kier molecular flexibility index (Phi) is 3.93. The molecule has 1 aliphatic rings. The van der Waals surface area contributed by atoms with Crippen LogP contribution in [0.3, 0.4) is 0 Å². The highest BCUT2D eigenvalue weighted by molar-refractivity contribution is 5.94. The molecule has 0 radical (unpaired) electrons. The van der Waals surface area contributed by atoms with Crippen LogP contribution in [0.2, 0.25) is 0 Å². The van der Waals surface area contributed by atoms with E-state index in [0.29, 0.717) is 12.1 Å². The van der Waals surface area contributed by atoms with Crippen LogP contribution in [0.25, 0.3) is 5.69 Å². The first kappa shape index (κ1) is 15.4. The first-order chi connectivity index (χ1) is 12.2. The van der Waals surface area contributed by atoms with Crippen LogP contribution in [0.5, 0.6) is 5.75 Å². The van der Waals surface area contributed by atoms with Crippen molar-refractivity contribution < 1.29 is 9.53 Å². The second-order valence-corrected chi connectivity index (χ2v) is 6.11. The largest absolute Gasteiger partial charge is 0.490 e. The minimum Gasteiger partial charge on any atom is -0.490 e. The molecule has 0 aliphatic carbocycles. The normalized spacial score (nSPS) is 15.5. The van der Waals surface area contributed by atoms with Gasteiger partial charge in [0.05, 0.1) is 5.69 Å². The molecule has 25 heavy (non-hydrogen) atoms. The molecule has 1 amide bonds. The number of amides is 1. The lowest BCUT2D eigenvalue weighted by Gasteiger charge is -2.11. The quantitative estimate of drug-likeness (QED) is 0.796. The number of carbonyl (C=O) groups excluding carboxylic acids is 1. The molecule has 6 heteroatoms. The summed E-state index contributed by atoms with van der Waals surface area (Å²) in [7, 11) is 0. The van der Waals surface area contributed by atoms with E-state index < -0.39 is 0 Å². The molecule has 126 valence electrons. The van der Waals surface area contributed by atoms with Gasteiger partial charge < -0.3 is 10.1 Å². The number of hydrogen-bond acceptors (Lipinski definition) is 4. The van der Waals surface area contributed by atoms with Crippen LogP contribution in [-0.2, 0) is 13.0 Å². The van der Waals surface area contributed by atoms with E-state index in [1.807, 2.05) is 43.3 Å². The first-order valence-corrected chi connectivity index (χ1v) is 8.21. The van der Waals surface area contributed by atoms with Gasteiger partial charge in [0.25, 0.3) is 5.91 Å². The monoisotopic (exact) mass is 334 g/mol. The molecule has 4 rings (SSSR count). The topological polar surface area (TPSA) is 69.0 Å². The molecular formula is C19H18N4O2. The fourth-order valence-electron chi connectivity index (χ4n) is 3.06. The number of fused-ring (bicyclic) bond motifs is 1. The second-order valence-electron chi connectivity index (χ2n) is 6.11. The number of ether oxygens (including phenoxy) is 1. The Labute approximate surface area is 145 Å². The van der Waals surface area contributed by atoms with Crippen molar-refractivity contribution in [2.24, 2.45) is 0 Å². The van der Waals surface area contributed by atoms with Crippen molar-refractivity contribution in [3.8, 4) is 11.4 Å². The zero-order valence-electron chi connectivity index (χ0n) is 13.8. The average molecular weight is 334 g/mol. The van der Waals surface area contributed by atoms with Crippen LogP contribution in [0.1, 0.15) is 28.4 Å². The van der Waals surface area contributed by atoms with E-state index in [2.05, 4.69) is 15.4 Å². The van der Waals surface area contributed by atoms with E-state index in [0.717, 1.165) is 29.0 Å². The Bertz CT molecular complexity index is 906. The van der Waals surface area contributed by atoms with E-state index in [1.165, 1.54) is 6.33 Å². The van der Waals surface area contributed by atoms with Crippen LogP contribution < -0.4 is 10.1 Å². The van der Waals surface area contributed by atoms with Crippen LogP contribution in [-0.4, -0.2) is 26.8 Å². The van der Waals surface area contributed by atoms with Gasteiger partial charge in [0.1, 0.15) is 24.5 Å². The van der Waals surface area contributed by atoms with Gasteiger partial charge in [-0.3, -0.25) is 4.79 Å². The molecule has 0 saturated heterocycles. The molecule has 0 saturated carbocycles. The SMILES string of the molecule is C[C@H]1Cc2cc(C(=O)NCc3ccccc3-n3cncn3)ccc2O1. The molecular weight excluding hydrogens is 316 g/mol. The van der Waals surface area contributed by atoms with Gasteiger partial charge in [0.2, 0.25) is 0 Å². The van der Waals surface area contributed by atoms with E-state index >= 15 is 0 Å². The summed E-state index contributed by atoms with van der Waals surface area (Å²) in [6, 6.07) is 13.4.